The SMILES string of the molecule is CCS(=O)(=O)c1ccc(CNC(=O)N2CC3(CCCC3)c3cc(-c4ccc(OC)nc4C)ccc32)cc1. The van der Waals surface area contributed by atoms with Crippen molar-refractivity contribution in [3.63, 3.8) is 0 Å². The molecule has 0 radical (unpaired) electrons. The topological polar surface area (TPSA) is 88.6 Å². The lowest BCUT2D eigenvalue weighted by Crippen LogP contribution is -2.41. The highest BCUT2D eigenvalue weighted by molar-refractivity contribution is 7.91. The highest BCUT2D eigenvalue weighted by Gasteiger charge is 2.46. The van der Waals surface area contributed by atoms with Crippen LogP contribution in [-0.4, -0.2) is 38.8 Å². The van der Waals surface area contributed by atoms with Crippen molar-refractivity contribution in [3.05, 3.63) is 71.4 Å². The first-order chi connectivity index (χ1) is 17.8. The van der Waals surface area contributed by atoms with E-state index in [9.17, 15) is 13.2 Å². The van der Waals surface area contributed by atoms with Gasteiger partial charge in [-0.3, -0.25) is 4.90 Å². The molecule has 1 aliphatic carbocycles. The van der Waals surface area contributed by atoms with Gasteiger partial charge < -0.3 is 10.1 Å². The fourth-order valence-corrected chi connectivity index (χ4v) is 6.59. The summed E-state index contributed by atoms with van der Waals surface area (Å²) in [5.41, 5.74) is 6.11. The number of aryl methyl sites for hydroxylation is 1. The van der Waals surface area contributed by atoms with Gasteiger partial charge in [0, 0.05) is 41.5 Å². The molecule has 1 aromatic heterocycles. The molecule has 2 aliphatic rings. The van der Waals surface area contributed by atoms with Crippen LogP contribution in [0.5, 0.6) is 5.88 Å². The van der Waals surface area contributed by atoms with E-state index >= 15 is 0 Å². The molecule has 1 aliphatic heterocycles. The van der Waals surface area contributed by atoms with Crippen LogP contribution < -0.4 is 15.0 Å². The summed E-state index contributed by atoms with van der Waals surface area (Å²) in [6.07, 6.45) is 4.46. The zero-order chi connectivity index (χ0) is 26.2. The Morgan fingerprint density at radius 2 is 1.81 bits per heavy atom. The molecule has 7 nitrogen and oxygen atoms in total. The fourth-order valence-electron chi connectivity index (χ4n) is 5.71. The number of carbonyl (C=O) groups excluding carboxylic acids is 1. The van der Waals surface area contributed by atoms with Crippen LogP contribution in [0.25, 0.3) is 11.1 Å². The number of aromatic nitrogens is 1. The molecule has 8 heteroatoms. The highest BCUT2D eigenvalue weighted by atomic mass is 32.2. The summed E-state index contributed by atoms with van der Waals surface area (Å²) in [5, 5.41) is 3.04. The number of sulfone groups is 1. The maximum Gasteiger partial charge on any atom is 0.322 e. The number of pyridine rings is 1. The van der Waals surface area contributed by atoms with Gasteiger partial charge in [-0.15, -0.1) is 0 Å². The summed E-state index contributed by atoms with van der Waals surface area (Å²) in [4.78, 5) is 20.1. The fraction of sp³-hybridized carbons (Fsp3) is 0.379. The lowest BCUT2D eigenvalue weighted by atomic mass is 9.80. The molecule has 3 aromatic rings. The Hall–Kier alpha value is -3.39. The smallest absolute Gasteiger partial charge is 0.322 e. The molecule has 0 unspecified atom stereocenters. The third-order valence-electron chi connectivity index (χ3n) is 7.81. The van der Waals surface area contributed by atoms with Crippen LogP contribution in [0, 0.1) is 6.92 Å². The number of nitrogens with one attached hydrogen (secondary N) is 1. The van der Waals surface area contributed by atoms with Crippen LogP contribution in [0.2, 0.25) is 0 Å². The zero-order valence-electron chi connectivity index (χ0n) is 21.6. The van der Waals surface area contributed by atoms with Crippen molar-refractivity contribution in [2.75, 3.05) is 24.3 Å². The van der Waals surface area contributed by atoms with Gasteiger partial charge >= 0.3 is 6.03 Å². The van der Waals surface area contributed by atoms with Gasteiger partial charge in [0.25, 0.3) is 0 Å². The van der Waals surface area contributed by atoms with Crippen molar-refractivity contribution < 1.29 is 17.9 Å². The number of benzene rings is 2. The minimum atomic E-state index is -3.24. The largest absolute Gasteiger partial charge is 0.481 e. The van der Waals surface area contributed by atoms with Crippen molar-refractivity contribution in [2.45, 2.75) is 56.4 Å². The van der Waals surface area contributed by atoms with E-state index in [4.69, 9.17) is 4.74 Å². The maximum absolute atomic E-state index is 13.4. The Labute approximate surface area is 218 Å². The predicted octanol–water partition coefficient (Wildman–Crippen LogP) is 5.40. The standard InChI is InChI=1S/C29H33N3O4S/c1-4-37(34,35)23-10-7-21(8-11-23)18-30-28(33)32-19-29(15-5-6-16-29)25-17-22(9-13-26(25)32)24-12-14-27(36-3)31-20(24)2/h7-14,17H,4-6,15-16,18-19H2,1-3H3,(H,30,33). The second-order valence-corrected chi connectivity index (χ2v) is 12.3. The van der Waals surface area contributed by atoms with Crippen molar-refractivity contribution >= 4 is 21.6 Å². The number of methoxy groups -OCH3 is 1. The molecule has 0 bridgehead atoms. The summed E-state index contributed by atoms with van der Waals surface area (Å²) in [6, 6.07) is 16.9. The number of anilines is 1. The number of ether oxygens (including phenoxy) is 1. The van der Waals surface area contributed by atoms with Gasteiger partial charge in [0.05, 0.1) is 17.8 Å². The average molecular weight is 520 g/mol. The third kappa shape index (κ3) is 4.70. The molecule has 1 N–H and O–H groups in total. The molecule has 0 saturated heterocycles. The number of urea groups is 1. The van der Waals surface area contributed by atoms with E-state index in [0.29, 0.717) is 23.9 Å². The average Bonchev–Trinajstić information content (AvgIpc) is 3.52. The Kier molecular flexibility index (Phi) is 6.70. The normalized spacial score (nSPS) is 16.1. The molecular weight excluding hydrogens is 486 g/mol. The summed E-state index contributed by atoms with van der Waals surface area (Å²) < 4.78 is 29.4. The summed E-state index contributed by atoms with van der Waals surface area (Å²) in [5.74, 6) is 0.661. The number of hydrogen-bond donors (Lipinski definition) is 1. The van der Waals surface area contributed by atoms with E-state index in [1.807, 2.05) is 24.0 Å². The minimum absolute atomic E-state index is 0.0212. The van der Waals surface area contributed by atoms with Gasteiger partial charge in [0.15, 0.2) is 9.84 Å². The number of nitrogens with zero attached hydrogens (tertiary/aromatic N) is 2. The van der Waals surface area contributed by atoms with Crippen molar-refractivity contribution in [1.29, 1.82) is 0 Å². The van der Waals surface area contributed by atoms with Gasteiger partial charge in [0.2, 0.25) is 5.88 Å². The molecule has 194 valence electrons. The monoisotopic (exact) mass is 519 g/mol. The van der Waals surface area contributed by atoms with E-state index in [1.54, 1.807) is 38.3 Å². The second-order valence-electron chi connectivity index (χ2n) is 10.00. The van der Waals surface area contributed by atoms with Crippen molar-refractivity contribution in [3.8, 4) is 17.0 Å². The molecule has 37 heavy (non-hydrogen) atoms. The van der Waals surface area contributed by atoms with Gasteiger partial charge in [-0.05, 0) is 66.8 Å². The zero-order valence-corrected chi connectivity index (χ0v) is 22.4. The van der Waals surface area contributed by atoms with Gasteiger partial charge in [-0.2, -0.15) is 0 Å². The molecule has 1 fully saturated rings. The third-order valence-corrected chi connectivity index (χ3v) is 9.56. The number of fused-ring (bicyclic) bond motifs is 2. The van der Waals surface area contributed by atoms with Crippen LogP contribution >= 0.6 is 0 Å². The number of amides is 2. The number of rotatable bonds is 6. The van der Waals surface area contributed by atoms with Gasteiger partial charge in [-0.1, -0.05) is 38.0 Å². The first kappa shape index (κ1) is 25.3. The first-order valence-corrected chi connectivity index (χ1v) is 14.5. The Morgan fingerprint density at radius 1 is 1.08 bits per heavy atom. The number of carbonyl (C=O) groups is 1. The quantitative estimate of drug-likeness (QED) is 0.471. The molecule has 2 amide bonds. The van der Waals surface area contributed by atoms with Crippen LogP contribution in [0.4, 0.5) is 10.5 Å². The second kappa shape index (κ2) is 9.82. The molecule has 2 heterocycles. The molecule has 5 rings (SSSR count). The molecule has 1 saturated carbocycles. The molecule has 1 spiro atoms. The van der Waals surface area contributed by atoms with Gasteiger partial charge in [0.1, 0.15) is 0 Å². The lowest BCUT2D eigenvalue weighted by molar-refractivity contribution is 0.245. The van der Waals surface area contributed by atoms with Crippen LogP contribution in [0.1, 0.15) is 49.4 Å². The van der Waals surface area contributed by atoms with Gasteiger partial charge in [-0.25, -0.2) is 18.2 Å². The van der Waals surface area contributed by atoms with Crippen molar-refractivity contribution in [2.24, 2.45) is 0 Å². The van der Waals surface area contributed by atoms with E-state index in [-0.39, 0.29) is 17.2 Å². The van der Waals surface area contributed by atoms with Crippen LogP contribution in [0.15, 0.2) is 59.5 Å². The molecular formula is C29H33N3O4S. The molecule has 0 atom stereocenters. The van der Waals surface area contributed by atoms with E-state index in [1.165, 1.54) is 5.56 Å². The summed E-state index contributed by atoms with van der Waals surface area (Å²) >= 11 is 0. The first-order valence-electron chi connectivity index (χ1n) is 12.8. The van der Waals surface area contributed by atoms with E-state index in [0.717, 1.165) is 53.8 Å². The van der Waals surface area contributed by atoms with Crippen molar-refractivity contribution in [1.82, 2.24) is 10.3 Å². The highest BCUT2D eigenvalue weighted by Crippen LogP contribution is 2.51. The maximum atomic E-state index is 13.4. The summed E-state index contributed by atoms with van der Waals surface area (Å²) in [6.45, 7) is 4.62. The Balaban J connectivity index is 1.38. The van der Waals surface area contributed by atoms with E-state index in [2.05, 4.69) is 28.5 Å². The minimum Gasteiger partial charge on any atom is -0.481 e. The lowest BCUT2D eigenvalue weighted by Gasteiger charge is -2.25. The Bertz CT molecular complexity index is 1430. The predicted molar refractivity (Wildman–Crippen MR) is 145 cm³/mol. The van der Waals surface area contributed by atoms with Crippen LogP contribution in [-0.2, 0) is 21.8 Å². The van der Waals surface area contributed by atoms with E-state index < -0.39 is 9.84 Å². The summed E-state index contributed by atoms with van der Waals surface area (Å²) in [7, 11) is -1.62. The number of hydrogen-bond acceptors (Lipinski definition) is 5. The van der Waals surface area contributed by atoms with Crippen LogP contribution in [0.3, 0.4) is 0 Å². The Morgan fingerprint density at radius 3 is 2.46 bits per heavy atom. The molecule has 2 aromatic carbocycles.